The fraction of sp³-hybridized carbons (Fsp3) is 0.538. The Kier molecular flexibility index (Phi) is 4.62. The highest BCUT2D eigenvalue weighted by Gasteiger charge is 2.32. The summed E-state index contributed by atoms with van der Waals surface area (Å²) in [6.07, 6.45) is -4.09. The highest BCUT2D eigenvalue weighted by molar-refractivity contribution is 5.73. The molecular formula is C13H16F3NO3. The van der Waals surface area contributed by atoms with E-state index in [1.165, 1.54) is 7.11 Å². The van der Waals surface area contributed by atoms with E-state index in [0.29, 0.717) is 6.20 Å². The molecule has 0 unspecified atom stereocenters. The van der Waals surface area contributed by atoms with Gasteiger partial charge in [-0.2, -0.15) is 13.2 Å². The maximum atomic E-state index is 12.5. The van der Waals surface area contributed by atoms with Crippen molar-refractivity contribution < 1.29 is 27.4 Å². The average molecular weight is 291 g/mol. The number of rotatable bonds is 3. The van der Waals surface area contributed by atoms with Crippen molar-refractivity contribution in [2.75, 3.05) is 7.11 Å². The van der Waals surface area contributed by atoms with Crippen molar-refractivity contribution in [3.63, 3.8) is 0 Å². The molecule has 20 heavy (non-hydrogen) atoms. The zero-order chi connectivity index (χ0) is 15.6. The third kappa shape index (κ3) is 4.71. The van der Waals surface area contributed by atoms with E-state index in [1.54, 1.807) is 20.8 Å². The van der Waals surface area contributed by atoms with Crippen LogP contribution in [-0.4, -0.2) is 23.7 Å². The molecule has 4 nitrogen and oxygen atoms in total. The molecule has 0 radical (unpaired) electrons. The number of pyridine rings is 1. The minimum absolute atomic E-state index is 0.0920. The van der Waals surface area contributed by atoms with Gasteiger partial charge >= 0.3 is 12.1 Å². The molecule has 0 spiro atoms. The second-order valence-electron chi connectivity index (χ2n) is 5.13. The largest absolute Gasteiger partial charge is 0.495 e. The van der Waals surface area contributed by atoms with E-state index >= 15 is 0 Å². The van der Waals surface area contributed by atoms with E-state index in [1.807, 2.05) is 0 Å². The first-order valence-corrected chi connectivity index (χ1v) is 5.85. The van der Waals surface area contributed by atoms with Gasteiger partial charge in [-0.15, -0.1) is 0 Å². The van der Waals surface area contributed by atoms with Gasteiger partial charge in [0.1, 0.15) is 11.4 Å². The van der Waals surface area contributed by atoms with Crippen LogP contribution in [0.4, 0.5) is 13.2 Å². The van der Waals surface area contributed by atoms with Crippen molar-refractivity contribution in [2.45, 2.75) is 39.0 Å². The van der Waals surface area contributed by atoms with Crippen molar-refractivity contribution >= 4 is 5.97 Å². The number of hydrogen-bond donors (Lipinski definition) is 0. The zero-order valence-corrected chi connectivity index (χ0v) is 11.7. The van der Waals surface area contributed by atoms with Crippen molar-refractivity contribution in [3.8, 4) is 5.75 Å². The number of esters is 1. The fourth-order valence-corrected chi connectivity index (χ4v) is 1.45. The van der Waals surface area contributed by atoms with Crippen LogP contribution in [0.5, 0.6) is 5.75 Å². The smallest absolute Gasteiger partial charge is 0.418 e. The summed E-state index contributed by atoms with van der Waals surface area (Å²) in [5, 5.41) is 0. The summed E-state index contributed by atoms with van der Waals surface area (Å²) >= 11 is 0. The Balaban J connectivity index is 2.94. The van der Waals surface area contributed by atoms with Gasteiger partial charge in [0.05, 0.1) is 24.8 Å². The SMILES string of the molecule is COc1cc(C(F)(F)F)cnc1CC(=O)OC(C)(C)C. The lowest BCUT2D eigenvalue weighted by molar-refractivity contribution is -0.154. The molecule has 0 saturated heterocycles. The Morgan fingerprint density at radius 3 is 2.35 bits per heavy atom. The highest BCUT2D eigenvalue weighted by Crippen LogP contribution is 2.32. The predicted molar refractivity (Wildman–Crippen MR) is 65.3 cm³/mol. The number of alkyl halides is 3. The molecule has 0 aromatic carbocycles. The maximum Gasteiger partial charge on any atom is 0.418 e. The molecule has 7 heteroatoms. The third-order valence-electron chi connectivity index (χ3n) is 2.21. The number of aromatic nitrogens is 1. The van der Waals surface area contributed by atoms with Gasteiger partial charge in [0.2, 0.25) is 0 Å². The Hall–Kier alpha value is -1.79. The van der Waals surface area contributed by atoms with Gasteiger partial charge < -0.3 is 9.47 Å². The molecule has 1 aromatic rings. The van der Waals surface area contributed by atoms with Gasteiger partial charge in [-0.1, -0.05) is 0 Å². The van der Waals surface area contributed by atoms with E-state index in [0.717, 1.165) is 6.07 Å². The molecule has 0 aliphatic carbocycles. The van der Waals surface area contributed by atoms with E-state index < -0.39 is 23.3 Å². The fourth-order valence-electron chi connectivity index (χ4n) is 1.45. The topological polar surface area (TPSA) is 48.4 Å². The molecule has 1 aromatic heterocycles. The molecule has 0 atom stereocenters. The Bertz CT molecular complexity index is 493. The van der Waals surface area contributed by atoms with Crippen molar-refractivity contribution in [2.24, 2.45) is 0 Å². The minimum atomic E-state index is -4.51. The summed E-state index contributed by atoms with van der Waals surface area (Å²) in [6, 6.07) is 0.812. The Morgan fingerprint density at radius 2 is 1.90 bits per heavy atom. The average Bonchev–Trinajstić information content (AvgIpc) is 2.25. The van der Waals surface area contributed by atoms with Crippen LogP contribution >= 0.6 is 0 Å². The first-order valence-electron chi connectivity index (χ1n) is 5.85. The lowest BCUT2D eigenvalue weighted by atomic mass is 10.1. The van der Waals surface area contributed by atoms with Crippen molar-refractivity contribution in [1.29, 1.82) is 0 Å². The van der Waals surface area contributed by atoms with Gasteiger partial charge in [0.15, 0.2) is 0 Å². The van der Waals surface area contributed by atoms with Crippen LogP contribution in [-0.2, 0) is 22.1 Å². The summed E-state index contributed by atoms with van der Waals surface area (Å²) in [5.41, 5.74) is -1.49. The first kappa shape index (κ1) is 16.3. The van der Waals surface area contributed by atoms with Crippen LogP contribution in [0.15, 0.2) is 12.3 Å². The van der Waals surface area contributed by atoms with Crippen molar-refractivity contribution in [3.05, 3.63) is 23.5 Å². The highest BCUT2D eigenvalue weighted by atomic mass is 19.4. The second kappa shape index (κ2) is 5.68. The number of halogens is 3. The predicted octanol–water partition coefficient (Wildman–Crippen LogP) is 2.99. The second-order valence-corrected chi connectivity index (χ2v) is 5.13. The van der Waals surface area contributed by atoms with Crippen LogP contribution in [0.1, 0.15) is 32.0 Å². The molecule has 0 bridgehead atoms. The molecule has 0 saturated carbocycles. The first-order chi connectivity index (χ1) is 9.03. The maximum absolute atomic E-state index is 12.5. The van der Waals surface area contributed by atoms with E-state index in [9.17, 15) is 18.0 Å². The van der Waals surface area contributed by atoms with Gasteiger partial charge in [-0.05, 0) is 26.8 Å². The lowest BCUT2D eigenvalue weighted by Gasteiger charge is -2.19. The molecule has 0 fully saturated rings. The monoisotopic (exact) mass is 291 g/mol. The Labute approximate surface area is 114 Å². The third-order valence-corrected chi connectivity index (χ3v) is 2.21. The minimum Gasteiger partial charge on any atom is -0.495 e. The number of ether oxygens (including phenoxy) is 2. The van der Waals surface area contributed by atoms with E-state index in [2.05, 4.69) is 4.98 Å². The molecule has 0 aliphatic rings. The van der Waals surface area contributed by atoms with Gasteiger partial charge in [-0.25, -0.2) is 0 Å². The summed E-state index contributed by atoms with van der Waals surface area (Å²) in [4.78, 5) is 15.3. The zero-order valence-electron chi connectivity index (χ0n) is 11.7. The number of nitrogens with zero attached hydrogens (tertiary/aromatic N) is 1. The number of hydrogen-bond acceptors (Lipinski definition) is 4. The molecule has 1 rings (SSSR count). The molecule has 0 N–H and O–H groups in total. The molecule has 0 aliphatic heterocycles. The van der Waals surface area contributed by atoms with Crippen LogP contribution in [0, 0.1) is 0 Å². The van der Waals surface area contributed by atoms with Gasteiger partial charge in [0, 0.05) is 6.20 Å². The van der Waals surface area contributed by atoms with Crippen LogP contribution in [0.3, 0.4) is 0 Å². The molecule has 1 heterocycles. The number of carbonyl (C=O) groups is 1. The van der Waals surface area contributed by atoms with Crippen molar-refractivity contribution in [1.82, 2.24) is 4.98 Å². The molecule has 112 valence electrons. The number of carbonyl (C=O) groups excluding carboxylic acids is 1. The normalized spacial score (nSPS) is 12.2. The summed E-state index contributed by atoms with van der Waals surface area (Å²) in [7, 11) is 1.22. The molecule has 0 amide bonds. The van der Waals surface area contributed by atoms with Gasteiger partial charge in [-0.3, -0.25) is 9.78 Å². The van der Waals surface area contributed by atoms with Crippen LogP contribution < -0.4 is 4.74 Å². The summed E-state index contributed by atoms with van der Waals surface area (Å²) < 4.78 is 47.5. The Morgan fingerprint density at radius 1 is 1.30 bits per heavy atom. The van der Waals surface area contributed by atoms with E-state index in [4.69, 9.17) is 9.47 Å². The van der Waals surface area contributed by atoms with E-state index in [-0.39, 0.29) is 17.9 Å². The summed E-state index contributed by atoms with van der Waals surface area (Å²) in [5.74, 6) is -0.672. The standard InChI is InChI=1S/C13H16F3NO3/c1-12(2,3)20-11(18)6-9-10(19-4)5-8(7-17-9)13(14,15)16/h5,7H,6H2,1-4H3. The number of methoxy groups -OCH3 is 1. The quantitative estimate of drug-likeness (QED) is 0.803. The molecular weight excluding hydrogens is 275 g/mol. The van der Waals surface area contributed by atoms with Gasteiger partial charge in [0.25, 0.3) is 0 Å². The summed E-state index contributed by atoms with van der Waals surface area (Å²) in [6.45, 7) is 5.09. The van der Waals surface area contributed by atoms with Crippen LogP contribution in [0.25, 0.3) is 0 Å². The van der Waals surface area contributed by atoms with Crippen LogP contribution in [0.2, 0.25) is 0 Å². The lowest BCUT2D eigenvalue weighted by Crippen LogP contribution is -2.25.